The van der Waals surface area contributed by atoms with Crippen LogP contribution in [0, 0.1) is 5.92 Å². The van der Waals surface area contributed by atoms with Gasteiger partial charge >= 0.3 is 0 Å². The Morgan fingerprint density at radius 2 is 2.22 bits per heavy atom. The summed E-state index contributed by atoms with van der Waals surface area (Å²) in [7, 11) is 2.00. The Morgan fingerprint density at radius 1 is 1.39 bits per heavy atom. The van der Waals surface area contributed by atoms with Crippen molar-refractivity contribution in [3.05, 3.63) is 33.7 Å². The Hall–Kier alpha value is -2.02. The predicted molar refractivity (Wildman–Crippen MR) is 90.8 cm³/mol. The highest BCUT2D eigenvalue weighted by atomic mass is 32.1. The molecule has 0 fully saturated rings. The molecule has 6 nitrogen and oxygen atoms in total. The first kappa shape index (κ1) is 15.9. The minimum Gasteiger partial charge on any atom is -0.353 e. The van der Waals surface area contributed by atoms with Crippen molar-refractivity contribution in [3.8, 4) is 0 Å². The Balaban J connectivity index is 1.99. The van der Waals surface area contributed by atoms with E-state index >= 15 is 0 Å². The summed E-state index contributed by atoms with van der Waals surface area (Å²) in [6, 6.07) is 0. The number of hydrogen-bond acceptors (Lipinski definition) is 6. The van der Waals surface area contributed by atoms with Gasteiger partial charge in [0.05, 0.1) is 6.54 Å². The van der Waals surface area contributed by atoms with Crippen molar-refractivity contribution in [3.63, 3.8) is 0 Å². The van der Waals surface area contributed by atoms with E-state index in [9.17, 15) is 4.79 Å². The monoisotopic (exact) mass is 331 g/mol. The van der Waals surface area contributed by atoms with Crippen molar-refractivity contribution in [2.75, 3.05) is 18.5 Å². The van der Waals surface area contributed by atoms with E-state index < -0.39 is 0 Å². The fourth-order valence-electron chi connectivity index (χ4n) is 2.70. The maximum absolute atomic E-state index is 12.2. The van der Waals surface area contributed by atoms with Gasteiger partial charge in [0.15, 0.2) is 0 Å². The van der Waals surface area contributed by atoms with Crippen molar-refractivity contribution in [2.24, 2.45) is 5.92 Å². The largest absolute Gasteiger partial charge is 0.353 e. The van der Waals surface area contributed by atoms with E-state index in [4.69, 9.17) is 4.98 Å². The van der Waals surface area contributed by atoms with Gasteiger partial charge in [-0.2, -0.15) is 0 Å². The van der Waals surface area contributed by atoms with Gasteiger partial charge in [0.25, 0.3) is 5.91 Å². The van der Waals surface area contributed by atoms with Gasteiger partial charge in [0.1, 0.15) is 22.3 Å². The summed E-state index contributed by atoms with van der Waals surface area (Å²) in [5, 5.41) is 5.87. The van der Waals surface area contributed by atoms with Gasteiger partial charge in [-0.3, -0.25) is 4.79 Å². The Labute approximate surface area is 140 Å². The molecule has 3 rings (SSSR count). The number of carbonyl (C=O) groups is 1. The summed E-state index contributed by atoms with van der Waals surface area (Å²) in [6.07, 6.45) is 3.33. The molecule has 1 aliphatic rings. The van der Waals surface area contributed by atoms with Crippen LogP contribution in [0.1, 0.15) is 40.7 Å². The van der Waals surface area contributed by atoms with Gasteiger partial charge in [-0.05, 0) is 12.3 Å². The number of nitrogens with zero attached hydrogens (tertiary/aromatic N) is 4. The molecular formula is C16H21N5OS. The summed E-state index contributed by atoms with van der Waals surface area (Å²) in [4.78, 5) is 27.9. The highest BCUT2D eigenvalue weighted by Gasteiger charge is 2.25. The third-order valence-electron chi connectivity index (χ3n) is 3.72. The molecule has 0 bridgehead atoms. The van der Waals surface area contributed by atoms with Gasteiger partial charge in [-0.1, -0.05) is 13.8 Å². The van der Waals surface area contributed by atoms with E-state index in [0.717, 1.165) is 35.1 Å². The van der Waals surface area contributed by atoms with E-state index in [1.54, 1.807) is 17.5 Å². The number of aromatic nitrogens is 3. The smallest absolute Gasteiger partial charge is 0.270 e. The lowest BCUT2D eigenvalue weighted by Gasteiger charge is -2.25. The Bertz CT molecular complexity index is 699. The zero-order valence-corrected chi connectivity index (χ0v) is 14.5. The molecule has 1 N–H and O–H groups in total. The molecule has 2 aromatic heterocycles. The van der Waals surface area contributed by atoms with Crippen molar-refractivity contribution >= 4 is 23.1 Å². The highest BCUT2D eigenvalue weighted by molar-refractivity contribution is 7.09. The molecule has 0 aliphatic carbocycles. The SMILES string of the molecule is CC(C)Cc1nc2c(c(N(C)Cc3nccs3)n1)CCNC2=O. The zero-order chi connectivity index (χ0) is 16.4. The molecule has 3 heterocycles. The number of thiazole rings is 1. The van der Waals surface area contributed by atoms with Crippen LogP contribution in [-0.4, -0.2) is 34.5 Å². The third-order valence-corrected chi connectivity index (χ3v) is 4.48. The molecule has 1 aliphatic heterocycles. The number of hydrogen-bond donors (Lipinski definition) is 1. The number of nitrogens with one attached hydrogen (secondary N) is 1. The summed E-state index contributed by atoms with van der Waals surface area (Å²) in [5.41, 5.74) is 1.48. The molecule has 0 aromatic carbocycles. The summed E-state index contributed by atoms with van der Waals surface area (Å²) in [5.74, 6) is 1.94. The number of carbonyl (C=O) groups excluding carboxylic acids is 1. The first-order chi connectivity index (χ1) is 11.0. The molecule has 0 unspecified atom stereocenters. The molecule has 0 radical (unpaired) electrons. The molecule has 122 valence electrons. The second-order valence-corrected chi connectivity index (χ2v) is 7.16. The van der Waals surface area contributed by atoms with Gasteiger partial charge in [0, 0.05) is 37.2 Å². The average molecular weight is 331 g/mol. The lowest BCUT2D eigenvalue weighted by molar-refractivity contribution is 0.0940. The second kappa shape index (κ2) is 6.62. The van der Waals surface area contributed by atoms with Crippen molar-refractivity contribution in [1.82, 2.24) is 20.3 Å². The maximum atomic E-state index is 12.2. The van der Waals surface area contributed by atoms with Crippen LogP contribution in [0.25, 0.3) is 0 Å². The van der Waals surface area contributed by atoms with E-state index in [1.807, 2.05) is 12.4 Å². The second-order valence-electron chi connectivity index (χ2n) is 6.18. The van der Waals surface area contributed by atoms with Crippen LogP contribution in [0.5, 0.6) is 0 Å². The third kappa shape index (κ3) is 3.50. The summed E-state index contributed by atoms with van der Waals surface area (Å²) < 4.78 is 0. The Kier molecular flexibility index (Phi) is 4.56. The fourth-order valence-corrected chi connectivity index (χ4v) is 3.37. The summed E-state index contributed by atoms with van der Waals surface area (Å²) >= 11 is 1.62. The number of anilines is 1. The van der Waals surface area contributed by atoms with Crippen LogP contribution in [0.3, 0.4) is 0 Å². The molecule has 0 atom stereocenters. The van der Waals surface area contributed by atoms with E-state index in [-0.39, 0.29) is 5.91 Å². The van der Waals surface area contributed by atoms with Crippen LogP contribution in [0.4, 0.5) is 5.82 Å². The van der Waals surface area contributed by atoms with Crippen LogP contribution in [0.2, 0.25) is 0 Å². The first-order valence-corrected chi connectivity index (χ1v) is 8.70. The van der Waals surface area contributed by atoms with Crippen molar-refractivity contribution in [1.29, 1.82) is 0 Å². The standard InChI is InChI=1S/C16H21N5OS/c1-10(2)8-12-19-14-11(4-5-18-16(14)22)15(20-12)21(3)9-13-17-6-7-23-13/h6-7,10H,4-5,8-9H2,1-3H3,(H,18,22). The number of amides is 1. The van der Waals surface area contributed by atoms with Crippen LogP contribution in [-0.2, 0) is 19.4 Å². The molecule has 0 saturated carbocycles. The lowest BCUT2D eigenvalue weighted by atomic mass is 10.0. The van der Waals surface area contributed by atoms with Gasteiger partial charge in [-0.25, -0.2) is 15.0 Å². The van der Waals surface area contributed by atoms with Gasteiger partial charge in [0.2, 0.25) is 0 Å². The van der Waals surface area contributed by atoms with Crippen molar-refractivity contribution in [2.45, 2.75) is 33.2 Å². The van der Waals surface area contributed by atoms with Crippen LogP contribution >= 0.6 is 11.3 Å². The van der Waals surface area contributed by atoms with E-state index in [0.29, 0.717) is 24.7 Å². The molecule has 0 saturated heterocycles. The zero-order valence-electron chi connectivity index (χ0n) is 13.7. The topological polar surface area (TPSA) is 71.0 Å². The molecule has 2 aromatic rings. The number of fused-ring (bicyclic) bond motifs is 1. The molecule has 7 heteroatoms. The first-order valence-electron chi connectivity index (χ1n) is 7.82. The summed E-state index contributed by atoms with van der Waals surface area (Å²) in [6.45, 7) is 5.57. The molecule has 1 amide bonds. The highest BCUT2D eigenvalue weighted by Crippen LogP contribution is 2.25. The van der Waals surface area contributed by atoms with Gasteiger partial charge < -0.3 is 10.2 Å². The molecule has 23 heavy (non-hydrogen) atoms. The van der Waals surface area contributed by atoms with Crippen LogP contribution < -0.4 is 10.2 Å². The number of rotatable bonds is 5. The minimum atomic E-state index is -0.0949. The quantitative estimate of drug-likeness (QED) is 0.908. The molecular weight excluding hydrogens is 310 g/mol. The fraction of sp³-hybridized carbons (Fsp3) is 0.500. The minimum absolute atomic E-state index is 0.0949. The predicted octanol–water partition coefficient (Wildman–Crippen LogP) is 2.05. The van der Waals surface area contributed by atoms with E-state index in [2.05, 4.69) is 34.0 Å². The average Bonchev–Trinajstić information content (AvgIpc) is 2.99. The van der Waals surface area contributed by atoms with E-state index in [1.165, 1.54) is 0 Å². The maximum Gasteiger partial charge on any atom is 0.270 e. The van der Waals surface area contributed by atoms with Gasteiger partial charge in [-0.15, -0.1) is 11.3 Å². The normalized spacial score (nSPS) is 13.8. The van der Waals surface area contributed by atoms with Crippen molar-refractivity contribution < 1.29 is 4.79 Å². The Morgan fingerprint density at radius 3 is 2.91 bits per heavy atom. The molecule has 0 spiro atoms. The van der Waals surface area contributed by atoms with Crippen LogP contribution in [0.15, 0.2) is 11.6 Å². The lowest BCUT2D eigenvalue weighted by Crippen LogP contribution is -2.35.